The number of nitrogens with zero attached hydrogens (tertiary/aromatic N) is 2. The maximum atomic E-state index is 5.77. The number of ether oxygens (including phenoxy) is 1. The molecule has 1 fully saturated rings. The Hall–Kier alpha value is -1.01. The Morgan fingerprint density at radius 3 is 3.15 bits per heavy atom. The van der Waals surface area contributed by atoms with Gasteiger partial charge in [-0.15, -0.1) is 11.3 Å². The van der Waals surface area contributed by atoms with Gasteiger partial charge in [-0.1, -0.05) is 12.1 Å². The summed E-state index contributed by atoms with van der Waals surface area (Å²) in [7, 11) is 1.97. The number of benzene rings is 1. The highest BCUT2D eigenvalue weighted by molar-refractivity contribution is 7.18. The van der Waals surface area contributed by atoms with Crippen molar-refractivity contribution in [2.75, 3.05) is 33.3 Å². The monoisotopic (exact) mass is 291 g/mol. The van der Waals surface area contributed by atoms with Crippen LogP contribution in [0.2, 0.25) is 0 Å². The highest BCUT2D eigenvalue weighted by Crippen LogP contribution is 2.30. The predicted molar refractivity (Wildman–Crippen MR) is 83.3 cm³/mol. The van der Waals surface area contributed by atoms with E-state index in [0.29, 0.717) is 6.04 Å². The van der Waals surface area contributed by atoms with Crippen molar-refractivity contribution in [1.82, 2.24) is 15.2 Å². The summed E-state index contributed by atoms with van der Waals surface area (Å²) < 4.78 is 7.04. The zero-order valence-corrected chi connectivity index (χ0v) is 12.8. The molecule has 5 heteroatoms. The summed E-state index contributed by atoms with van der Waals surface area (Å²) in [5.41, 5.74) is 1.11. The number of para-hydroxylation sites is 1. The fourth-order valence-corrected chi connectivity index (χ4v) is 3.72. The number of aromatic nitrogens is 1. The minimum absolute atomic E-state index is 0.283. The molecule has 1 aliphatic heterocycles. The number of rotatable bonds is 4. The van der Waals surface area contributed by atoms with E-state index in [2.05, 4.69) is 35.3 Å². The average Bonchev–Trinajstić information content (AvgIpc) is 2.91. The second-order valence-electron chi connectivity index (χ2n) is 5.24. The van der Waals surface area contributed by atoms with Crippen LogP contribution in [0.5, 0.6) is 0 Å². The van der Waals surface area contributed by atoms with Gasteiger partial charge in [0.1, 0.15) is 5.01 Å². The summed E-state index contributed by atoms with van der Waals surface area (Å²) in [6.45, 7) is 5.92. The lowest BCUT2D eigenvalue weighted by molar-refractivity contribution is -0.0393. The van der Waals surface area contributed by atoms with Crippen molar-refractivity contribution in [2.24, 2.45) is 0 Å². The zero-order valence-electron chi connectivity index (χ0n) is 12.0. The van der Waals surface area contributed by atoms with Gasteiger partial charge in [0, 0.05) is 19.6 Å². The number of hydrogen-bond acceptors (Lipinski definition) is 5. The summed E-state index contributed by atoms with van der Waals surface area (Å²) in [4.78, 5) is 7.25. The van der Waals surface area contributed by atoms with E-state index in [-0.39, 0.29) is 6.10 Å². The Kier molecular flexibility index (Phi) is 4.31. The van der Waals surface area contributed by atoms with Crippen molar-refractivity contribution < 1.29 is 4.74 Å². The Labute approximate surface area is 123 Å². The van der Waals surface area contributed by atoms with Gasteiger partial charge in [-0.25, -0.2) is 4.98 Å². The van der Waals surface area contributed by atoms with Crippen molar-refractivity contribution in [1.29, 1.82) is 0 Å². The molecule has 1 saturated heterocycles. The van der Waals surface area contributed by atoms with Gasteiger partial charge in [-0.05, 0) is 26.1 Å². The van der Waals surface area contributed by atoms with E-state index in [1.54, 1.807) is 11.3 Å². The van der Waals surface area contributed by atoms with Gasteiger partial charge in [-0.2, -0.15) is 0 Å². The molecule has 1 aliphatic rings. The fourth-order valence-electron chi connectivity index (χ4n) is 2.67. The lowest BCUT2D eigenvalue weighted by Crippen LogP contribution is -2.46. The van der Waals surface area contributed by atoms with E-state index in [0.717, 1.165) is 31.8 Å². The molecule has 2 aromatic rings. The lowest BCUT2D eigenvalue weighted by atomic mass is 10.2. The van der Waals surface area contributed by atoms with Gasteiger partial charge in [0.2, 0.25) is 0 Å². The van der Waals surface area contributed by atoms with Crippen LogP contribution in [0, 0.1) is 0 Å². The van der Waals surface area contributed by atoms with Crippen LogP contribution in [0.1, 0.15) is 18.0 Å². The van der Waals surface area contributed by atoms with Crippen molar-refractivity contribution >= 4 is 21.6 Å². The third kappa shape index (κ3) is 2.86. The number of thiazole rings is 1. The van der Waals surface area contributed by atoms with Crippen LogP contribution in [0.25, 0.3) is 10.2 Å². The largest absolute Gasteiger partial charge is 0.374 e. The summed E-state index contributed by atoms with van der Waals surface area (Å²) in [6.07, 6.45) is 0.283. The molecule has 1 N–H and O–H groups in total. The molecule has 2 heterocycles. The lowest BCUT2D eigenvalue weighted by Gasteiger charge is -2.36. The maximum Gasteiger partial charge on any atom is 0.111 e. The molecule has 1 aromatic heterocycles. The maximum absolute atomic E-state index is 5.77. The summed E-state index contributed by atoms with van der Waals surface area (Å²) in [6, 6.07) is 8.72. The number of hydrogen-bond donors (Lipinski definition) is 1. The molecular formula is C15H21N3OS. The van der Waals surface area contributed by atoms with Crippen LogP contribution in [-0.2, 0) is 4.74 Å². The molecular weight excluding hydrogens is 270 g/mol. The summed E-state index contributed by atoms with van der Waals surface area (Å²) in [5.74, 6) is 0. The molecule has 0 spiro atoms. The number of nitrogens with one attached hydrogen (secondary N) is 1. The molecule has 2 unspecified atom stereocenters. The first-order chi connectivity index (χ1) is 9.78. The smallest absolute Gasteiger partial charge is 0.111 e. The van der Waals surface area contributed by atoms with Gasteiger partial charge in [0.15, 0.2) is 0 Å². The molecule has 0 bridgehead atoms. The van der Waals surface area contributed by atoms with Crippen LogP contribution in [-0.4, -0.2) is 49.3 Å². The first-order valence-electron chi connectivity index (χ1n) is 7.13. The molecule has 0 aliphatic carbocycles. The topological polar surface area (TPSA) is 37.4 Å². The Bertz CT molecular complexity index is 536. The van der Waals surface area contributed by atoms with Crippen LogP contribution in [0.15, 0.2) is 24.3 Å². The van der Waals surface area contributed by atoms with Crippen LogP contribution in [0.4, 0.5) is 0 Å². The van der Waals surface area contributed by atoms with Crippen LogP contribution in [0.3, 0.4) is 0 Å². The zero-order chi connectivity index (χ0) is 13.9. The van der Waals surface area contributed by atoms with E-state index >= 15 is 0 Å². The summed E-state index contributed by atoms with van der Waals surface area (Å²) in [5, 5.41) is 4.40. The Balaban J connectivity index is 1.75. The molecule has 0 saturated carbocycles. The molecule has 4 nitrogen and oxygen atoms in total. The SMILES string of the molecule is CNCC1CN(C(C)c2nc3ccccc3s2)CCO1. The number of fused-ring (bicyclic) bond motifs is 1. The minimum Gasteiger partial charge on any atom is -0.374 e. The Morgan fingerprint density at radius 1 is 1.50 bits per heavy atom. The average molecular weight is 291 g/mol. The normalized spacial score (nSPS) is 22.2. The fraction of sp³-hybridized carbons (Fsp3) is 0.533. The van der Waals surface area contributed by atoms with Gasteiger partial charge in [0.05, 0.1) is 29.0 Å². The van der Waals surface area contributed by atoms with E-state index in [1.165, 1.54) is 9.71 Å². The van der Waals surface area contributed by atoms with Crippen molar-refractivity contribution in [3.05, 3.63) is 29.3 Å². The highest BCUT2D eigenvalue weighted by atomic mass is 32.1. The third-order valence-corrected chi connectivity index (χ3v) is 5.02. The molecule has 3 rings (SSSR count). The molecule has 0 radical (unpaired) electrons. The quantitative estimate of drug-likeness (QED) is 0.938. The van der Waals surface area contributed by atoms with Gasteiger partial charge < -0.3 is 10.1 Å². The number of morpholine rings is 1. The van der Waals surface area contributed by atoms with Gasteiger partial charge >= 0.3 is 0 Å². The van der Waals surface area contributed by atoms with Crippen LogP contribution >= 0.6 is 11.3 Å². The first kappa shape index (κ1) is 13.9. The highest BCUT2D eigenvalue weighted by Gasteiger charge is 2.26. The predicted octanol–water partition coefficient (Wildman–Crippen LogP) is 2.28. The minimum atomic E-state index is 0.283. The summed E-state index contributed by atoms with van der Waals surface area (Å²) >= 11 is 1.80. The second kappa shape index (κ2) is 6.18. The van der Waals surface area contributed by atoms with E-state index in [9.17, 15) is 0 Å². The standard InChI is InChI=1S/C15H21N3OS/c1-11(18-7-8-19-12(10-18)9-16-2)15-17-13-5-3-4-6-14(13)20-15/h3-6,11-12,16H,7-10H2,1-2H3. The Morgan fingerprint density at radius 2 is 2.35 bits per heavy atom. The third-order valence-electron chi connectivity index (χ3n) is 3.82. The van der Waals surface area contributed by atoms with Crippen molar-refractivity contribution in [2.45, 2.75) is 19.1 Å². The van der Waals surface area contributed by atoms with Crippen molar-refractivity contribution in [3.8, 4) is 0 Å². The molecule has 20 heavy (non-hydrogen) atoms. The molecule has 2 atom stereocenters. The van der Waals surface area contributed by atoms with Crippen molar-refractivity contribution in [3.63, 3.8) is 0 Å². The first-order valence-corrected chi connectivity index (χ1v) is 7.95. The van der Waals surface area contributed by atoms with E-state index in [4.69, 9.17) is 9.72 Å². The number of likely N-dealkylation sites (N-methyl/N-ethyl adjacent to an activating group) is 1. The van der Waals surface area contributed by atoms with E-state index in [1.807, 2.05) is 13.1 Å². The van der Waals surface area contributed by atoms with Gasteiger partial charge in [-0.3, -0.25) is 4.90 Å². The second-order valence-corrected chi connectivity index (χ2v) is 6.30. The van der Waals surface area contributed by atoms with E-state index < -0.39 is 0 Å². The molecule has 108 valence electrons. The molecule has 1 aromatic carbocycles. The van der Waals surface area contributed by atoms with Crippen LogP contribution < -0.4 is 5.32 Å². The van der Waals surface area contributed by atoms with Gasteiger partial charge in [0.25, 0.3) is 0 Å². The molecule has 0 amide bonds.